The van der Waals surface area contributed by atoms with Crippen LogP contribution >= 0.6 is 0 Å². The predicted molar refractivity (Wildman–Crippen MR) is 172 cm³/mol. The molecule has 0 saturated carbocycles. The van der Waals surface area contributed by atoms with Gasteiger partial charge in [0, 0.05) is 0 Å². The molecule has 0 aromatic carbocycles. The van der Waals surface area contributed by atoms with Crippen LogP contribution in [0.4, 0.5) is 0 Å². The molecule has 0 spiro atoms. The summed E-state index contributed by atoms with van der Waals surface area (Å²) < 4.78 is 0. The van der Waals surface area contributed by atoms with Crippen LogP contribution in [-0.2, 0) is 4.79 Å². The molecule has 0 radical (unpaired) electrons. The summed E-state index contributed by atoms with van der Waals surface area (Å²) in [6.45, 7) is 4.18. The maximum absolute atomic E-state index is 12.3. The van der Waals surface area contributed by atoms with E-state index < -0.39 is 18.2 Å². The first kappa shape index (κ1) is 39.1. The fourth-order valence-corrected chi connectivity index (χ4v) is 5.34. The van der Waals surface area contributed by atoms with E-state index in [1.807, 2.05) is 6.08 Å². The monoisotopic (exact) mass is 568 g/mol. The van der Waals surface area contributed by atoms with Crippen molar-refractivity contribution in [2.75, 3.05) is 6.61 Å². The lowest BCUT2D eigenvalue weighted by atomic mass is 10.0. The molecule has 5 heteroatoms. The van der Waals surface area contributed by atoms with Crippen molar-refractivity contribution in [3.05, 3.63) is 12.2 Å². The molecule has 0 aliphatic rings. The second-order valence-corrected chi connectivity index (χ2v) is 12.1. The number of hydrogen-bond acceptors (Lipinski definition) is 4. The number of rotatable bonds is 31. The normalized spacial score (nSPS) is 14.0. The molecule has 3 unspecified atom stereocenters. The molecule has 4 N–H and O–H groups in total. The molecule has 0 aromatic rings. The maximum Gasteiger partial charge on any atom is 0.222 e. The van der Waals surface area contributed by atoms with E-state index in [1.54, 1.807) is 6.08 Å². The first-order chi connectivity index (χ1) is 19.5. The van der Waals surface area contributed by atoms with Gasteiger partial charge in [0.15, 0.2) is 0 Å². The summed E-state index contributed by atoms with van der Waals surface area (Å²) in [6, 6.07) is -0.736. The Kier molecular flexibility index (Phi) is 30.3. The van der Waals surface area contributed by atoms with Gasteiger partial charge < -0.3 is 20.6 Å². The molecular formula is C35H69NO4. The van der Waals surface area contributed by atoms with Gasteiger partial charge in [-0.2, -0.15) is 0 Å². The Morgan fingerprint density at radius 3 is 1.45 bits per heavy atom. The average Bonchev–Trinajstić information content (AvgIpc) is 2.94. The molecule has 40 heavy (non-hydrogen) atoms. The van der Waals surface area contributed by atoms with E-state index in [-0.39, 0.29) is 18.9 Å². The summed E-state index contributed by atoms with van der Waals surface area (Å²) in [7, 11) is 0. The number of carbonyl (C=O) groups is 1. The van der Waals surface area contributed by atoms with Crippen molar-refractivity contribution >= 4 is 5.91 Å². The quantitative estimate of drug-likeness (QED) is 0.0497. The van der Waals surface area contributed by atoms with Crippen molar-refractivity contribution in [1.29, 1.82) is 0 Å². The Balaban J connectivity index is 3.75. The van der Waals surface area contributed by atoms with Crippen LogP contribution in [0, 0.1) is 0 Å². The van der Waals surface area contributed by atoms with E-state index in [0.717, 1.165) is 25.7 Å². The van der Waals surface area contributed by atoms with Crippen LogP contribution in [-0.4, -0.2) is 46.1 Å². The number of carbonyl (C=O) groups excluding carboxylic acids is 1. The molecule has 0 heterocycles. The number of amides is 1. The molecule has 238 valence electrons. The molecule has 0 bridgehead atoms. The second-order valence-electron chi connectivity index (χ2n) is 12.1. The Morgan fingerprint density at radius 2 is 1.02 bits per heavy atom. The standard InChI is InChI=1S/C35H69NO4/c1-3-5-7-9-11-13-15-16-17-18-19-21-23-25-27-29-34(39)33(31-37)36-35(40)30-32(38)28-26-24-22-20-14-12-10-8-6-4-2/h27,29,32-34,37-39H,3-26,28,30-31H2,1-2H3,(H,36,40)/b29-27+. The van der Waals surface area contributed by atoms with Crippen LogP contribution in [0.5, 0.6) is 0 Å². The van der Waals surface area contributed by atoms with E-state index >= 15 is 0 Å². The predicted octanol–water partition coefficient (Wildman–Crippen LogP) is 8.92. The van der Waals surface area contributed by atoms with Crippen LogP contribution in [0.15, 0.2) is 12.2 Å². The summed E-state index contributed by atoms with van der Waals surface area (Å²) in [4.78, 5) is 12.3. The highest BCUT2D eigenvalue weighted by molar-refractivity contribution is 5.76. The fraction of sp³-hybridized carbons (Fsp3) is 0.914. The number of aliphatic hydroxyl groups is 3. The number of allylic oxidation sites excluding steroid dienone is 1. The third-order valence-corrected chi connectivity index (χ3v) is 8.07. The third kappa shape index (κ3) is 27.3. The molecule has 1 amide bonds. The minimum Gasteiger partial charge on any atom is -0.394 e. The molecule has 0 aliphatic heterocycles. The Hall–Kier alpha value is -0.910. The van der Waals surface area contributed by atoms with Gasteiger partial charge in [0.05, 0.1) is 31.3 Å². The van der Waals surface area contributed by atoms with Crippen molar-refractivity contribution in [2.45, 2.75) is 199 Å². The lowest BCUT2D eigenvalue weighted by Gasteiger charge is -2.21. The van der Waals surface area contributed by atoms with E-state index in [0.29, 0.717) is 6.42 Å². The summed E-state index contributed by atoms with van der Waals surface area (Å²) >= 11 is 0. The van der Waals surface area contributed by atoms with Gasteiger partial charge in [0.25, 0.3) is 0 Å². The summed E-state index contributed by atoms with van der Waals surface area (Å²) in [5.74, 6) is -0.317. The summed E-state index contributed by atoms with van der Waals surface area (Å²) in [5, 5.41) is 32.9. The van der Waals surface area contributed by atoms with Gasteiger partial charge in [-0.1, -0.05) is 167 Å². The van der Waals surface area contributed by atoms with Crippen LogP contribution in [0.3, 0.4) is 0 Å². The van der Waals surface area contributed by atoms with Gasteiger partial charge in [-0.05, 0) is 19.3 Å². The van der Waals surface area contributed by atoms with Gasteiger partial charge >= 0.3 is 0 Å². The van der Waals surface area contributed by atoms with E-state index in [2.05, 4.69) is 19.2 Å². The highest BCUT2D eigenvalue weighted by Crippen LogP contribution is 2.14. The molecule has 0 saturated heterocycles. The van der Waals surface area contributed by atoms with Crippen molar-refractivity contribution in [1.82, 2.24) is 5.32 Å². The zero-order chi connectivity index (χ0) is 29.5. The highest BCUT2D eigenvalue weighted by atomic mass is 16.3. The highest BCUT2D eigenvalue weighted by Gasteiger charge is 2.20. The number of hydrogen-bond donors (Lipinski definition) is 4. The van der Waals surface area contributed by atoms with E-state index in [4.69, 9.17) is 0 Å². The van der Waals surface area contributed by atoms with Crippen molar-refractivity contribution in [3.63, 3.8) is 0 Å². The Labute approximate surface area is 249 Å². The zero-order valence-corrected chi connectivity index (χ0v) is 26.7. The minimum absolute atomic E-state index is 0.0172. The molecule has 0 aromatic heterocycles. The average molecular weight is 568 g/mol. The van der Waals surface area contributed by atoms with Crippen molar-refractivity contribution in [3.8, 4) is 0 Å². The lowest BCUT2D eigenvalue weighted by Crippen LogP contribution is -2.45. The Bertz CT molecular complexity index is 554. The Morgan fingerprint density at radius 1 is 0.625 bits per heavy atom. The maximum atomic E-state index is 12.3. The topological polar surface area (TPSA) is 89.8 Å². The molecule has 3 atom stereocenters. The number of nitrogens with one attached hydrogen (secondary N) is 1. The van der Waals surface area contributed by atoms with Crippen LogP contribution in [0.25, 0.3) is 0 Å². The van der Waals surface area contributed by atoms with Crippen LogP contribution in [0.1, 0.15) is 181 Å². The number of unbranched alkanes of at least 4 members (excludes halogenated alkanes) is 22. The molecule has 5 nitrogen and oxygen atoms in total. The van der Waals surface area contributed by atoms with Gasteiger partial charge in [-0.15, -0.1) is 0 Å². The SMILES string of the molecule is CCCCCCCCCCCCCCC/C=C/C(O)C(CO)NC(=O)CC(O)CCCCCCCCCCCC. The number of aliphatic hydroxyl groups excluding tert-OH is 3. The van der Waals surface area contributed by atoms with Gasteiger partial charge in [0.1, 0.15) is 0 Å². The molecule has 0 aliphatic carbocycles. The first-order valence-corrected chi connectivity index (χ1v) is 17.5. The van der Waals surface area contributed by atoms with Crippen LogP contribution in [0.2, 0.25) is 0 Å². The third-order valence-electron chi connectivity index (χ3n) is 8.07. The second kappa shape index (κ2) is 31.0. The largest absolute Gasteiger partial charge is 0.394 e. The van der Waals surface area contributed by atoms with E-state index in [1.165, 1.54) is 128 Å². The van der Waals surface area contributed by atoms with Crippen molar-refractivity contribution in [2.24, 2.45) is 0 Å². The smallest absolute Gasteiger partial charge is 0.222 e. The molecule has 0 fully saturated rings. The van der Waals surface area contributed by atoms with Gasteiger partial charge in [0.2, 0.25) is 5.91 Å². The molecular weight excluding hydrogens is 498 g/mol. The van der Waals surface area contributed by atoms with Gasteiger partial charge in [-0.25, -0.2) is 0 Å². The first-order valence-electron chi connectivity index (χ1n) is 17.5. The minimum atomic E-state index is -0.921. The fourth-order valence-electron chi connectivity index (χ4n) is 5.34. The zero-order valence-electron chi connectivity index (χ0n) is 26.7. The molecule has 0 rings (SSSR count). The van der Waals surface area contributed by atoms with Crippen LogP contribution < -0.4 is 5.32 Å². The van der Waals surface area contributed by atoms with E-state index in [9.17, 15) is 20.1 Å². The lowest BCUT2D eigenvalue weighted by molar-refractivity contribution is -0.124. The van der Waals surface area contributed by atoms with Gasteiger partial charge in [-0.3, -0.25) is 4.79 Å². The summed E-state index contributed by atoms with van der Waals surface area (Å²) in [5.41, 5.74) is 0. The van der Waals surface area contributed by atoms with Crippen molar-refractivity contribution < 1.29 is 20.1 Å². The summed E-state index contributed by atoms with van der Waals surface area (Å²) in [6.07, 6.45) is 33.3.